The Balaban J connectivity index is 2.80. The fourth-order valence-electron chi connectivity index (χ4n) is 1.82. The third-order valence-corrected chi connectivity index (χ3v) is 3.52. The molecular weight excluding hydrogens is 202 g/mol. The van der Waals surface area contributed by atoms with E-state index in [4.69, 9.17) is 0 Å². The lowest BCUT2D eigenvalue weighted by Gasteiger charge is -2.18. The van der Waals surface area contributed by atoms with Crippen molar-refractivity contribution in [3.05, 3.63) is 29.8 Å². The van der Waals surface area contributed by atoms with E-state index in [1.807, 2.05) is 11.8 Å². The van der Waals surface area contributed by atoms with Crippen LogP contribution < -0.4 is 5.32 Å². The molecule has 1 nitrogen and oxygen atoms in total. The second kappa shape index (κ2) is 6.91. The van der Waals surface area contributed by atoms with Crippen LogP contribution in [0.4, 0.5) is 0 Å². The quantitative estimate of drug-likeness (QED) is 0.735. The van der Waals surface area contributed by atoms with Gasteiger partial charge in [0, 0.05) is 10.9 Å². The number of hydrogen-bond acceptors (Lipinski definition) is 2. The van der Waals surface area contributed by atoms with Gasteiger partial charge in [-0.05, 0) is 31.4 Å². The average Bonchev–Trinajstić information content (AvgIpc) is 2.30. The van der Waals surface area contributed by atoms with Crippen molar-refractivity contribution in [1.29, 1.82) is 0 Å². The molecule has 0 aromatic heterocycles. The summed E-state index contributed by atoms with van der Waals surface area (Å²) in [6.07, 6.45) is 5.92. The highest BCUT2D eigenvalue weighted by molar-refractivity contribution is 7.98. The van der Waals surface area contributed by atoms with Crippen LogP contribution in [-0.2, 0) is 0 Å². The first-order valence-electron chi connectivity index (χ1n) is 5.63. The minimum atomic E-state index is 0.508. The maximum absolute atomic E-state index is 3.41. The number of rotatable bonds is 6. The molecule has 1 N–H and O–H groups in total. The van der Waals surface area contributed by atoms with Gasteiger partial charge in [0.05, 0.1) is 0 Å². The molecule has 84 valence electrons. The molecular formula is C13H21NS. The predicted octanol–water partition coefficient (Wildman–Crippen LogP) is 3.86. The second-order valence-electron chi connectivity index (χ2n) is 3.73. The fraction of sp³-hybridized carbons (Fsp3) is 0.538. The van der Waals surface area contributed by atoms with Crippen molar-refractivity contribution in [3.63, 3.8) is 0 Å². The van der Waals surface area contributed by atoms with Gasteiger partial charge in [-0.1, -0.05) is 38.0 Å². The normalized spacial score (nSPS) is 12.7. The summed E-state index contributed by atoms with van der Waals surface area (Å²) in [6.45, 7) is 2.24. The van der Waals surface area contributed by atoms with Gasteiger partial charge in [-0.3, -0.25) is 0 Å². The molecule has 2 heteroatoms. The summed E-state index contributed by atoms with van der Waals surface area (Å²) in [6, 6.07) is 9.19. The van der Waals surface area contributed by atoms with Gasteiger partial charge in [0.15, 0.2) is 0 Å². The molecule has 0 aliphatic heterocycles. The van der Waals surface area contributed by atoms with Crippen molar-refractivity contribution in [2.75, 3.05) is 13.3 Å². The SMILES string of the molecule is CCCCC(NC)c1ccccc1SC. The highest BCUT2D eigenvalue weighted by Gasteiger charge is 2.11. The molecule has 0 aliphatic carbocycles. The Hall–Kier alpha value is -0.470. The van der Waals surface area contributed by atoms with E-state index < -0.39 is 0 Å². The zero-order chi connectivity index (χ0) is 11.1. The van der Waals surface area contributed by atoms with Crippen LogP contribution in [0.15, 0.2) is 29.2 Å². The Bertz CT molecular complexity index is 286. The molecule has 0 radical (unpaired) electrons. The molecule has 0 saturated heterocycles. The third-order valence-electron chi connectivity index (χ3n) is 2.71. The molecule has 1 unspecified atom stereocenters. The van der Waals surface area contributed by atoms with Crippen molar-refractivity contribution in [2.24, 2.45) is 0 Å². The number of nitrogens with one attached hydrogen (secondary N) is 1. The van der Waals surface area contributed by atoms with Gasteiger partial charge in [0.1, 0.15) is 0 Å². The minimum absolute atomic E-state index is 0.508. The van der Waals surface area contributed by atoms with E-state index in [1.54, 1.807) is 0 Å². The van der Waals surface area contributed by atoms with Crippen LogP contribution in [-0.4, -0.2) is 13.3 Å². The fourth-order valence-corrected chi connectivity index (χ4v) is 2.48. The van der Waals surface area contributed by atoms with Crippen LogP contribution in [0.1, 0.15) is 37.8 Å². The van der Waals surface area contributed by atoms with Crippen LogP contribution in [0.25, 0.3) is 0 Å². The molecule has 0 saturated carbocycles. The molecule has 0 aliphatic rings. The highest BCUT2D eigenvalue weighted by Crippen LogP contribution is 2.28. The summed E-state index contributed by atoms with van der Waals surface area (Å²) in [5, 5.41) is 3.41. The minimum Gasteiger partial charge on any atom is -0.313 e. The average molecular weight is 223 g/mol. The maximum Gasteiger partial charge on any atom is 0.0328 e. The largest absolute Gasteiger partial charge is 0.313 e. The second-order valence-corrected chi connectivity index (χ2v) is 4.57. The van der Waals surface area contributed by atoms with Crippen LogP contribution in [0.5, 0.6) is 0 Å². The lowest BCUT2D eigenvalue weighted by molar-refractivity contribution is 0.516. The Morgan fingerprint density at radius 3 is 2.67 bits per heavy atom. The smallest absolute Gasteiger partial charge is 0.0328 e. The van der Waals surface area contributed by atoms with Crippen molar-refractivity contribution < 1.29 is 0 Å². The Labute approximate surface area is 97.7 Å². The number of hydrogen-bond donors (Lipinski definition) is 1. The van der Waals surface area contributed by atoms with E-state index in [1.165, 1.54) is 29.7 Å². The molecule has 1 aromatic carbocycles. The Morgan fingerprint density at radius 1 is 1.33 bits per heavy atom. The molecule has 0 spiro atoms. The predicted molar refractivity (Wildman–Crippen MR) is 69.5 cm³/mol. The first-order valence-corrected chi connectivity index (χ1v) is 6.86. The van der Waals surface area contributed by atoms with Crippen LogP contribution >= 0.6 is 11.8 Å². The topological polar surface area (TPSA) is 12.0 Å². The summed E-state index contributed by atoms with van der Waals surface area (Å²) in [4.78, 5) is 1.40. The summed E-state index contributed by atoms with van der Waals surface area (Å²) in [5.74, 6) is 0. The van der Waals surface area contributed by atoms with Crippen molar-refractivity contribution >= 4 is 11.8 Å². The van der Waals surface area contributed by atoms with Gasteiger partial charge >= 0.3 is 0 Å². The van der Waals surface area contributed by atoms with Gasteiger partial charge < -0.3 is 5.32 Å². The molecule has 1 rings (SSSR count). The standard InChI is InChI=1S/C13H21NS/c1-4-5-9-12(14-2)11-8-6-7-10-13(11)15-3/h6-8,10,12,14H,4-5,9H2,1-3H3. The van der Waals surface area contributed by atoms with Crippen molar-refractivity contribution in [2.45, 2.75) is 37.1 Å². The van der Waals surface area contributed by atoms with E-state index in [0.29, 0.717) is 6.04 Å². The zero-order valence-electron chi connectivity index (χ0n) is 9.92. The van der Waals surface area contributed by atoms with Gasteiger partial charge in [-0.15, -0.1) is 11.8 Å². The molecule has 0 heterocycles. The Kier molecular flexibility index (Phi) is 5.81. The van der Waals surface area contributed by atoms with E-state index in [0.717, 1.165) is 0 Å². The molecule has 1 atom stereocenters. The van der Waals surface area contributed by atoms with E-state index in [-0.39, 0.29) is 0 Å². The van der Waals surface area contributed by atoms with Crippen molar-refractivity contribution in [3.8, 4) is 0 Å². The van der Waals surface area contributed by atoms with Gasteiger partial charge in [0.2, 0.25) is 0 Å². The summed E-state index contributed by atoms with van der Waals surface area (Å²) in [5.41, 5.74) is 1.45. The first kappa shape index (κ1) is 12.6. The van der Waals surface area contributed by atoms with E-state index in [9.17, 15) is 0 Å². The van der Waals surface area contributed by atoms with Crippen LogP contribution in [0.3, 0.4) is 0 Å². The van der Waals surface area contributed by atoms with E-state index >= 15 is 0 Å². The van der Waals surface area contributed by atoms with Crippen LogP contribution in [0.2, 0.25) is 0 Å². The highest BCUT2D eigenvalue weighted by atomic mass is 32.2. The van der Waals surface area contributed by atoms with Gasteiger partial charge in [-0.2, -0.15) is 0 Å². The third kappa shape index (κ3) is 3.54. The first-order chi connectivity index (χ1) is 7.33. The lowest BCUT2D eigenvalue weighted by Crippen LogP contribution is -2.16. The number of thioether (sulfide) groups is 1. The van der Waals surface area contributed by atoms with Gasteiger partial charge in [-0.25, -0.2) is 0 Å². The zero-order valence-corrected chi connectivity index (χ0v) is 10.7. The lowest BCUT2D eigenvalue weighted by atomic mass is 10.0. The maximum atomic E-state index is 3.41. The molecule has 0 amide bonds. The summed E-state index contributed by atoms with van der Waals surface area (Å²) in [7, 11) is 2.05. The summed E-state index contributed by atoms with van der Waals surface area (Å²) < 4.78 is 0. The van der Waals surface area contributed by atoms with Crippen LogP contribution in [0, 0.1) is 0 Å². The molecule has 0 bridgehead atoms. The molecule has 1 aromatic rings. The van der Waals surface area contributed by atoms with Gasteiger partial charge in [0.25, 0.3) is 0 Å². The van der Waals surface area contributed by atoms with Crippen molar-refractivity contribution in [1.82, 2.24) is 5.32 Å². The molecule has 15 heavy (non-hydrogen) atoms. The summed E-state index contributed by atoms with van der Waals surface area (Å²) >= 11 is 1.83. The monoisotopic (exact) mass is 223 g/mol. The molecule has 0 fully saturated rings. The number of benzene rings is 1. The van der Waals surface area contributed by atoms with E-state index in [2.05, 4.69) is 49.8 Å². The number of unbranched alkanes of at least 4 members (excludes halogenated alkanes) is 1. The Morgan fingerprint density at radius 2 is 2.07 bits per heavy atom.